The molecule has 158 valence electrons. The molecule has 2 fully saturated rings. The highest BCUT2D eigenvalue weighted by Crippen LogP contribution is 2.41. The van der Waals surface area contributed by atoms with E-state index in [9.17, 15) is 4.79 Å². The number of amidine groups is 1. The molecule has 0 saturated carbocycles. The number of hydrogen-bond donors (Lipinski definition) is 1. The van der Waals surface area contributed by atoms with E-state index in [-0.39, 0.29) is 11.4 Å². The minimum atomic E-state index is -0.0618. The van der Waals surface area contributed by atoms with Crippen molar-refractivity contribution in [3.8, 4) is 5.75 Å². The van der Waals surface area contributed by atoms with Gasteiger partial charge in [0.15, 0.2) is 0 Å². The molecule has 7 nitrogen and oxygen atoms in total. The van der Waals surface area contributed by atoms with Crippen LogP contribution in [0, 0.1) is 5.41 Å². The third kappa shape index (κ3) is 3.98. The number of rotatable bonds is 5. The summed E-state index contributed by atoms with van der Waals surface area (Å²) < 4.78 is 16.4. The molecule has 4 rings (SSSR count). The smallest absolute Gasteiger partial charge is 0.322 e. The zero-order valence-electron chi connectivity index (χ0n) is 17.6. The Kier molecular flexibility index (Phi) is 5.79. The SMILES string of the molecule is COCCC(C)c1ccc(OC)c2c1N=C(NC(=O)N1CCC3(CCOC3)C1)C2. The van der Waals surface area contributed by atoms with E-state index in [0.717, 1.165) is 62.6 Å². The molecule has 1 aromatic rings. The predicted octanol–water partition coefficient (Wildman–Crippen LogP) is 3.24. The average Bonchev–Trinajstić information content (AvgIpc) is 3.46. The van der Waals surface area contributed by atoms with Crippen molar-refractivity contribution in [2.24, 2.45) is 10.4 Å². The van der Waals surface area contributed by atoms with Crippen molar-refractivity contribution in [3.05, 3.63) is 23.3 Å². The number of carbonyl (C=O) groups excluding carboxylic acids is 1. The molecule has 2 unspecified atom stereocenters. The van der Waals surface area contributed by atoms with E-state index in [2.05, 4.69) is 18.3 Å². The Balaban J connectivity index is 1.48. The van der Waals surface area contributed by atoms with Crippen molar-refractivity contribution in [2.45, 2.75) is 38.5 Å². The number of ether oxygens (including phenoxy) is 3. The van der Waals surface area contributed by atoms with Gasteiger partial charge in [-0.15, -0.1) is 0 Å². The van der Waals surface area contributed by atoms with Gasteiger partial charge in [0.05, 0.1) is 19.4 Å². The minimum Gasteiger partial charge on any atom is -0.496 e. The zero-order valence-corrected chi connectivity index (χ0v) is 17.6. The fourth-order valence-corrected chi connectivity index (χ4v) is 4.67. The van der Waals surface area contributed by atoms with Crippen LogP contribution in [0.2, 0.25) is 0 Å². The first-order valence-corrected chi connectivity index (χ1v) is 10.5. The van der Waals surface area contributed by atoms with E-state index < -0.39 is 0 Å². The van der Waals surface area contributed by atoms with Crippen LogP contribution < -0.4 is 10.1 Å². The van der Waals surface area contributed by atoms with Crippen molar-refractivity contribution >= 4 is 17.6 Å². The summed E-state index contributed by atoms with van der Waals surface area (Å²) >= 11 is 0. The number of aliphatic imine (C=N–C) groups is 1. The van der Waals surface area contributed by atoms with E-state index >= 15 is 0 Å². The standard InChI is InChI=1S/C22H31N3O4/c1-15(6-10-27-2)16-4-5-18(28-3)17-12-19(23-20(16)17)24-21(26)25-9-7-22(13-25)8-11-29-14-22/h4-5,15H,6-14H2,1-3H3,(H,23,24,26). The fraction of sp³-hybridized carbons (Fsp3) is 0.636. The second kappa shape index (κ2) is 8.32. The lowest BCUT2D eigenvalue weighted by Gasteiger charge is -2.22. The molecule has 2 atom stereocenters. The van der Waals surface area contributed by atoms with Crippen molar-refractivity contribution in [3.63, 3.8) is 0 Å². The van der Waals surface area contributed by atoms with Crippen molar-refractivity contribution in [1.29, 1.82) is 0 Å². The van der Waals surface area contributed by atoms with Crippen molar-refractivity contribution in [2.75, 3.05) is 47.1 Å². The molecular weight excluding hydrogens is 370 g/mol. The number of methoxy groups -OCH3 is 2. The second-order valence-electron chi connectivity index (χ2n) is 8.51. The average molecular weight is 402 g/mol. The minimum absolute atomic E-state index is 0.0618. The van der Waals surface area contributed by atoms with E-state index in [1.807, 2.05) is 11.0 Å². The molecule has 0 radical (unpaired) electrons. The van der Waals surface area contributed by atoms with Crippen LogP contribution >= 0.6 is 0 Å². The normalized spacial score (nSPS) is 24.0. The Morgan fingerprint density at radius 1 is 1.38 bits per heavy atom. The highest BCUT2D eigenvalue weighted by atomic mass is 16.5. The summed E-state index contributed by atoms with van der Waals surface area (Å²) in [6.07, 6.45) is 3.56. The number of carbonyl (C=O) groups is 1. The highest BCUT2D eigenvalue weighted by Gasteiger charge is 2.43. The van der Waals surface area contributed by atoms with E-state index in [1.54, 1.807) is 14.2 Å². The maximum atomic E-state index is 12.9. The van der Waals surface area contributed by atoms with Gasteiger partial charge in [0.1, 0.15) is 11.6 Å². The summed E-state index contributed by atoms with van der Waals surface area (Å²) in [6.45, 7) is 6.00. The Labute approximate surface area is 172 Å². The number of fused-ring (bicyclic) bond motifs is 1. The van der Waals surface area contributed by atoms with Gasteiger partial charge in [-0.05, 0) is 36.8 Å². The second-order valence-corrected chi connectivity index (χ2v) is 8.51. The van der Waals surface area contributed by atoms with Crippen LogP contribution in [0.1, 0.15) is 43.2 Å². The summed E-state index contributed by atoms with van der Waals surface area (Å²) in [5.41, 5.74) is 3.31. The maximum absolute atomic E-state index is 12.9. The van der Waals surface area contributed by atoms with Gasteiger partial charge in [-0.3, -0.25) is 5.32 Å². The van der Waals surface area contributed by atoms with Crippen LogP contribution in [-0.4, -0.2) is 63.9 Å². The highest BCUT2D eigenvalue weighted by molar-refractivity contribution is 6.03. The van der Waals surface area contributed by atoms with Crippen LogP contribution in [0.5, 0.6) is 5.75 Å². The lowest BCUT2D eigenvalue weighted by Crippen LogP contribution is -2.42. The first kappa shape index (κ1) is 20.2. The first-order chi connectivity index (χ1) is 14.0. The van der Waals surface area contributed by atoms with Crippen LogP contribution in [-0.2, 0) is 15.9 Å². The lowest BCUT2D eigenvalue weighted by atomic mass is 9.87. The van der Waals surface area contributed by atoms with Gasteiger partial charge in [-0.25, -0.2) is 9.79 Å². The number of nitrogens with one attached hydrogen (secondary N) is 1. The molecule has 0 aliphatic carbocycles. The Hall–Kier alpha value is -2.12. The molecule has 3 aliphatic rings. The summed E-state index contributed by atoms with van der Waals surface area (Å²) in [5.74, 6) is 1.83. The number of urea groups is 1. The molecule has 3 aliphatic heterocycles. The van der Waals surface area contributed by atoms with Gasteiger partial charge in [0.2, 0.25) is 0 Å². The molecule has 1 aromatic carbocycles. The van der Waals surface area contributed by atoms with Crippen LogP contribution in [0.15, 0.2) is 17.1 Å². The summed E-state index contributed by atoms with van der Waals surface area (Å²) in [5, 5.41) is 3.05. The molecule has 0 bridgehead atoms. The molecule has 7 heteroatoms. The molecule has 3 heterocycles. The van der Waals surface area contributed by atoms with Crippen molar-refractivity contribution < 1.29 is 19.0 Å². The molecule has 2 amide bonds. The molecule has 1 N–H and O–H groups in total. The van der Waals surface area contributed by atoms with Crippen LogP contribution in [0.3, 0.4) is 0 Å². The molecular formula is C22H31N3O4. The maximum Gasteiger partial charge on any atom is 0.322 e. The Bertz CT molecular complexity index is 801. The predicted molar refractivity (Wildman–Crippen MR) is 111 cm³/mol. The number of likely N-dealkylation sites (tertiary alicyclic amines) is 1. The van der Waals surface area contributed by atoms with Crippen molar-refractivity contribution in [1.82, 2.24) is 10.2 Å². The largest absolute Gasteiger partial charge is 0.496 e. The van der Waals surface area contributed by atoms with Gasteiger partial charge in [0, 0.05) is 50.8 Å². The van der Waals surface area contributed by atoms with E-state index in [4.69, 9.17) is 19.2 Å². The Morgan fingerprint density at radius 2 is 2.24 bits per heavy atom. The summed E-state index contributed by atoms with van der Waals surface area (Å²) in [4.78, 5) is 19.6. The van der Waals surface area contributed by atoms with Gasteiger partial charge in [0.25, 0.3) is 0 Å². The van der Waals surface area contributed by atoms with E-state index in [1.165, 1.54) is 5.56 Å². The number of benzene rings is 1. The number of nitrogens with zero attached hydrogens (tertiary/aromatic N) is 2. The summed E-state index contributed by atoms with van der Waals surface area (Å²) in [6, 6.07) is 4.02. The zero-order chi connectivity index (χ0) is 20.4. The fourth-order valence-electron chi connectivity index (χ4n) is 4.67. The number of amides is 2. The van der Waals surface area contributed by atoms with Gasteiger partial charge in [-0.2, -0.15) is 0 Å². The Morgan fingerprint density at radius 3 is 2.97 bits per heavy atom. The topological polar surface area (TPSA) is 72.4 Å². The quantitative estimate of drug-likeness (QED) is 0.822. The molecule has 0 aromatic heterocycles. The molecule has 1 spiro atoms. The lowest BCUT2D eigenvalue weighted by molar-refractivity contribution is 0.153. The van der Waals surface area contributed by atoms with Crippen LogP contribution in [0.25, 0.3) is 0 Å². The monoisotopic (exact) mass is 401 g/mol. The van der Waals surface area contributed by atoms with Gasteiger partial charge < -0.3 is 19.1 Å². The molecule has 29 heavy (non-hydrogen) atoms. The van der Waals surface area contributed by atoms with E-state index in [0.29, 0.717) is 24.8 Å². The third-order valence-electron chi connectivity index (χ3n) is 6.53. The summed E-state index contributed by atoms with van der Waals surface area (Å²) in [7, 11) is 3.39. The van der Waals surface area contributed by atoms with Gasteiger partial charge in [-0.1, -0.05) is 13.0 Å². The first-order valence-electron chi connectivity index (χ1n) is 10.5. The number of hydrogen-bond acceptors (Lipinski definition) is 5. The van der Waals surface area contributed by atoms with Gasteiger partial charge >= 0.3 is 6.03 Å². The third-order valence-corrected chi connectivity index (χ3v) is 6.53. The molecule has 2 saturated heterocycles. The van der Waals surface area contributed by atoms with Crippen LogP contribution in [0.4, 0.5) is 10.5 Å².